The maximum Gasteiger partial charge on any atom is 0.191 e. The monoisotopic (exact) mass is 338 g/mol. The average Bonchev–Trinajstić information content (AvgIpc) is 3.30. The van der Waals surface area contributed by atoms with Crippen molar-refractivity contribution in [3.8, 4) is 0 Å². The van der Waals surface area contributed by atoms with Crippen LogP contribution in [-0.2, 0) is 20.1 Å². The molecule has 1 aliphatic rings. The maximum atomic E-state index is 4.68. The van der Waals surface area contributed by atoms with Gasteiger partial charge in [0.15, 0.2) is 5.96 Å². The summed E-state index contributed by atoms with van der Waals surface area (Å²) in [5.41, 5.74) is 3.58. The molecule has 6 heteroatoms. The Bertz CT molecular complexity index is 721. The van der Waals surface area contributed by atoms with E-state index in [1.54, 1.807) is 6.20 Å². The molecule has 0 fully saturated rings. The Hall–Kier alpha value is -2.76. The minimum Gasteiger partial charge on any atom is -0.364 e. The van der Waals surface area contributed by atoms with E-state index < -0.39 is 0 Å². The van der Waals surface area contributed by atoms with Crippen LogP contribution in [0.1, 0.15) is 18.2 Å². The molecule has 1 aromatic heterocycles. The number of aryl methyl sites for hydroxylation is 1. The molecule has 1 aliphatic heterocycles. The second kappa shape index (κ2) is 8.37. The zero-order valence-electron chi connectivity index (χ0n) is 14.9. The van der Waals surface area contributed by atoms with Gasteiger partial charge < -0.3 is 15.5 Å². The lowest BCUT2D eigenvalue weighted by atomic mass is 10.2. The molecule has 25 heavy (non-hydrogen) atoms. The van der Waals surface area contributed by atoms with Crippen LogP contribution in [0.2, 0.25) is 0 Å². The number of nitrogens with one attached hydrogen (secondary N) is 2. The summed E-state index contributed by atoms with van der Waals surface area (Å²) in [7, 11) is 1.94. The Morgan fingerprint density at radius 1 is 1.12 bits per heavy atom. The van der Waals surface area contributed by atoms with Crippen LogP contribution in [0.5, 0.6) is 0 Å². The quantitative estimate of drug-likeness (QED) is 0.481. The molecule has 0 bridgehead atoms. The molecule has 3 rings (SSSR count). The van der Waals surface area contributed by atoms with Crippen LogP contribution in [0.25, 0.3) is 0 Å². The second-order valence-electron chi connectivity index (χ2n) is 6.04. The molecule has 0 unspecified atom stereocenters. The third-order valence-electron chi connectivity index (χ3n) is 4.24. The molecule has 0 aliphatic carbocycles. The highest BCUT2D eigenvalue weighted by atomic mass is 15.3. The molecule has 0 saturated heterocycles. The summed E-state index contributed by atoms with van der Waals surface area (Å²) >= 11 is 0. The summed E-state index contributed by atoms with van der Waals surface area (Å²) in [4.78, 5) is 7.02. The Balaban J connectivity index is 1.57. The number of nitrogens with zero attached hydrogens (tertiary/aromatic N) is 4. The van der Waals surface area contributed by atoms with Crippen LogP contribution in [0.15, 0.2) is 53.7 Å². The third kappa shape index (κ3) is 4.62. The standard InChI is InChI=1S/C19H26N6/c1-3-20-19(22-15-18-10-11-23-24(18)2)21-14-16-6-8-17(9-7-16)25-12-4-5-13-25/h4-11H,3,12-15H2,1-2H3,(H2,20,21,22). The first kappa shape index (κ1) is 17.1. The van der Waals surface area contributed by atoms with Gasteiger partial charge in [-0.05, 0) is 30.7 Å². The molecule has 0 spiro atoms. The molecule has 6 nitrogen and oxygen atoms in total. The van der Waals surface area contributed by atoms with Crippen molar-refractivity contribution < 1.29 is 0 Å². The van der Waals surface area contributed by atoms with Crippen LogP contribution < -0.4 is 15.5 Å². The Morgan fingerprint density at radius 3 is 2.52 bits per heavy atom. The van der Waals surface area contributed by atoms with Crippen molar-refractivity contribution in [1.82, 2.24) is 20.4 Å². The number of guanidine groups is 1. The lowest BCUT2D eigenvalue weighted by molar-refractivity contribution is 0.685. The molecule has 2 aromatic rings. The number of benzene rings is 1. The molecule has 0 atom stereocenters. The minimum absolute atomic E-state index is 0.652. The summed E-state index contributed by atoms with van der Waals surface area (Å²) in [6.07, 6.45) is 6.21. The van der Waals surface area contributed by atoms with Gasteiger partial charge >= 0.3 is 0 Å². The molecule has 1 aromatic carbocycles. The predicted molar refractivity (Wildman–Crippen MR) is 103 cm³/mol. The average molecular weight is 338 g/mol. The molecule has 2 N–H and O–H groups in total. The van der Waals surface area contributed by atoms with Gasteiger partial charge in [0.25, 0.3) is 0 Å². The van der Waals surface area contributed by atoms with E-state index in [9.17, 15) is 0 Å². The fraction of sp³-hybridized carbons (Fsp3) is 0.368. The van der Waals surface area contributed by atoms with Gasteiger partial charge in [0.2, 0.25) is 0 Å². The zero-order valence-corrected chi connectivity index (χ0v) is 14.9. The van der Waals surface area contributed by atoms with Crippen molar-refractivity contribution in [1.29, 1.82) is 0 Å². The molecule has 0 amide bonds. The SMILES string of the molecule is CCNC(=NCc1ccc(N2CC=CC2)cc1)NCc1ccnn1C. The number of hydrogen-bond donors (Lipinski definition) is 2. The van der Waals surface area contributed by atoms with Crippen molar-refractivity contribution >= 4 is 11.6 Å². The Labute approximate surface area is 149 Å². The van der Waals surface area contributed by atoms with Crippen molar-refractivity contribution in [2.75, 3.05) is 24.5 Å². The molecule has 0 saturated carbocycles. The number of aromatic nitrogens is 2. The van der Waals surface area contributed by atoms with E-state index in [4.69, 9.17) is 0 Å². The first-order valence-electron chi connectivity index (χ1n) is 8.74. The van der Waals surface area contributed by atoms with Crippen LogP contribution in [-0.4, -0.2) is 35.4 Å². The predicted octanol–water partition coefficient (Wildman–Crippen LogP) is 2.05. The lowest BCUT2D eigenvalue weighted by Crippen LogP contribution is -2.37. The first-order chi connectivity index (χ1) is 12.3. The number of aliphatic imine (C=N–C) groups is 1. The molecule has 2 heterocycles. The van der Waals surface area contributed by atoms with E-state index in [2.05, 4.69) is 69.0 Å². The van der Waals surface area contributed by atoms with Crippen molar-refractivity contribution in [2.24, 2.45) is 12.0 Å². The fourth-order valence-corrected chi connectivity index (χ4v) is 2.76. The van der Waals surface area contributed by atoms with Gasteiger partial charge in [-0.2, -0.15) is 5.10 Å². The topological polar surface area (TPSA) is 57.5 Å². The van der Waals surface area contributed by atoms with E-state index in [0.717, 1.165) is 31.3 Å². The molecular formula is C19H26N6. The largest absolute Gasteiger partial charge is 0.364 e. The Morgan fingerprint density at radius 2 is 1.88 bits per heavy atom. The van der Waals surface area contributed by atoms with Crippen LogP contribution in [0, 0.1) is 0 Å². The van der Waals surface area contributed by atoms with Gasteiger partial charge in [0.05, 0.1) is 18.8 Å². The van der Waals surface area contributed by atoms with Crippen LogP contribution in [0.4, 0.5) is 5.69 Å². The van der Waals surface area contributed by atoms with Crippen molar-refractivity contribution in [2.45, 2.75) is 20.0 Å². The van der Waals surface area contributed by atoms with Gasteiger partial charge in [-0.25, -0.2) is 4.99 Å². The highest BCUT2D eigenvalue weighted by Gasteiger charge is 2.07. The van der Waals surface area contributed by atoms with E-state index in [1.165, 1.54) is 11.3 Å². The minimum atomic E-state index is 0.652. The summed E-state index contributed by atoms with van der Waals surface area (Å²) in [6, 6.07) is 10.7. The zero-order chi connectivity index (χ0) is 17.5. The summed E-state index contributed by atoms with van der Waals surface area (Å²) in [6.45, 7) is 6.25. The molecule has 132 valence electrons. The maximum absolute atomic E-state index is 4.68. The van der Waals surface area contributed by atoms with Gasteiger partial charge in [0.1, 0.15) is 0 Å². The van der Waals surface area contributed by atoms with Crippen LogP contribution in [0.3, 0.4) is 0 Å². The second-order valence-corrected chi connectivity index (χ2v) is 6.04. The summed E-state index contributed by atoms with van der Waals surface area (Å²) < 4.78 is 1.86. The number of hydrogen-bond acceptors (Lipinski definition) is 3. The van der Waals surface area contributed by atoms with Gasteiger partial charge in [-0.1, -0.05) is 24.3 Å². The van der Waals surface area contributed by atoms with E-state index in [0.29, 0.717) is 13.1 Å². The summed E-state index contributed by atoms with van der Waals surface area (Å²) in [5, 5.41) is 10.8. The number of anilines is 1. The smallest absolute Gasteiger partial charge is 0.191 e. The van der Waals surface area contributed by atoms with Gasteiger partial charge in [-0.3, -0.25) is 4.68 Å². The van der Waals surface area contributed by atoms with E-state index >= 15 is 0 Å². The van der Waals surface area contributed by atoms with Gasteiger partial charge in [0, 0.05) is 38.6 Å². The van der Waals surface area contributed by atoms with Crippen molar-refractivity contribution in [3.05, 3.63) is 59.9 Å². The third-order valence-corrected chi connectivity index (χ3v) is 4.24. The van der Waals surface area contributed by atoms with Crippen LogP contribution >= 0.6 is 0 Å². The highest BCUT2D eigenvalue weighted by molar-refractivity contribution is 5.79. The van der Waals surface area contributed by atoms with E-state index in [1.807, 2.05) is 17.8 Å². The van der Waals surface area contributed by atoms with Crippen molar-refractivity contribution in [3.63, 3.8) is 0 Å². The summed E-state index contributed by atoms with van der Waals surface area (Å²) in [5.74, 6) is 0.816. The highest BCUT2D eigenvalue weighted by Crippen LogP contribution is 2.17. The molecule has 0 radical (unpaired) electrons. The lowest BCUT2D eigenvalue weighted by Gasteiger charge is -2.17. The normalized spacial score (nSPS) is 14.2. The Kier molecular flexibility index (Phi) is 5.72. The first-order valence-corrected chi connectivity index (χ1v) is 8.74. The van der Waals surface area contributed by atoms with Gasteiger partial charge in [-0.15, -0.1) is 0 Å². The fourth-order valence-electron chi connectivity index (χ4n) is 2.76. The molecular weight excluding hydrogens is 312 g/mol. The number of rotatable bonds is 6. The van der Waals surface area contributed by atoms with E-state index in [-0.39, 0.29) is 0 Å².